The molecule has 10 heteroatoms. The Hall–Kier alpha value is -4.34. The molecule has 0 bridgehead atoms. The average molecular weight is 490 g/mol. The number of pyridine rings is 1. The zero-order valence-electron chi connectivity index (χ0n) is 18.8. The number of rotatable bonds is 3. The SMILES string of the molecule is Cn1c(C2=C3Oc4ccc(Oc5ccnc6c5CCC(=O)N6)cc4C32)nc2ccc(C(F)(F)F)cc21. The topological polar surface area (TPSA) is 78.3 Å². The largest absolute Gasteiger partial charge is 0.460 e. The van der Waals surface area contributed by atoms with Crippen molar-refractivity contribution in [2.24, 2.45) is 7.05 Å². The maximum Gasteiger partial charge on any atom is 0.416 e. The molecule has 2 aliphatic heterocycles. The minimum Gasteiger partial charge on any atom is -0.460 e. The van der Waals surface area contributed by atoms with Crippen molar-refractivity contribution in [3.8, 4) is 17.2 Å². The average Bonchev–Trinajstić information content (AvgIpc) is 3.26. The summed E-state index contributed by atoms with van der Waals surface area (Å²) in [5, 5.41) is 2.76. The number of hydrogen-bond donors (Lipinski definition) is 1. The normalized spacial score (nSPS) is 17.9. The Morgan fingerprint density at radius 2 is 2.00 bits per heavy atom. The van der Waals surface area contributed by atoms with E-state index in [4.69, 9.17) is 9.47 Å². The van der Waals surface area contributed by atoms with Crippen LogP contribution in [-0.4, -0.2) is 20.4 Å². The van der Waals surface area contributed by atoms with Crippen LogP contribution in [0.2, 0.25) is 0 Å². The van der Waals surface area contributed by atoms with Gasteiger partial charge >= 0.3 is 6.18 Å². The predicted molar refractivity (Wildman–Crippen MR) is 124 cm³/mol. The van der Waals surface area contributed by atoms with Crippen LogP contribution in [0.4, 0.5) is 19.0 Å². The van der Waals surface area contributed by atoms with Crippen LogP contribution in [0, 0.1) is 0 Å². The number of alkyl halides is 3. The third kappa shape index (κ3) is 3.10. The van der Waals surface area contributed by atoms with Gasteiger partial charge in [-0.15, -0.1) is 0 Å². The number of halogens is 3. The predicted octanol–water partition coefficient (Wildman–Crippen LogP) is 5.57. The van der Waals surface area contributed by atoms with Gasteiger partial charge in [-0.25, -0.2) is 9.97 Å². The third-order valence-electron chi connectivity index (χ3n) is 6.79. The Kier molecular flexibility index (Phi) is 4.14. The van der Waals surface area contributed by atoms with Gasteiger partial charge in [0, 0.05) is 36.4 Å². The second-order valence-corrected chi connectivity index (χ2v) is 8.99. The van der Waals surface area contributed by atoms with Gasteiger partial charge in [0.15, 0.2) is 0 Å². The van der Waals surface area contributed by atoms with Crippen LogP contribution >= 0.6 is 0 Å². The van der Waals surface area contributed by atoms with Gasteiger partial charge in [-0.05, 0) is 48.9 Å². The summed E-state index contributed by atoms with van der Waals surface area (Å²) in [6, 6.07) is 10.9. The number of hydrogen-bond acceptors (Lipinski definition) is 5. The van der Waals surface area contributed by atoms with Crippen LogP contribution in [0.5, 0.6) is 17.2 Å². The van der Waals surface area contributed by atoms with Crippen LogP contribution in [0.3, 0.4) is 0 Å². The lowest BCUT2D eigenvalue weighted by atomic mass is 10.1. The van der Waals surface area contributed by atoms with Gasteiger partial charge < -0.3 is 19.4 Å². The quantitative estimate of drug-likeness (QED) is 0.407. The van der Waals surface area contributed by atoms with Gasteiger partial charge in [-0.2, -0.15) is 13.2 Å². The van der Waals surface area contributed by atoms with Gasteiger partial charge in [0.1, 0.15) is 34.6 Å². The lowest BCUT2D eigenvalue weighted by molar-refractivity contribution is -0.137. The molecule has 4 heterocycles. The standard InChI is InChI=1S/C26H17F3N4O3/c1-33-17-10-12(26(27,28)29)2-5-16(17)31-25(33)22-21-15-11-13(3-6-18(15)36-23(21)22)35-19-8-9-30-24-14(19)4-7-20(34)32-24/h2-3,5-6,8-11,21H,4,7H2,1H3,(H,30,32,34). The lowest BCUT2D eigenvalue weighted by Crippen LogP contribution is -2.20. The number of fused-ring (bicyclic) bond motifs is 5. The Morgan fingerprint density at radius 3 is 2.83 bits per heavy atom. The third-order valence-corrected chi connectivity index (χ3v) is 6.79. The maximum absolute atomic E-state index is 13.2. The lowest BCUT2D eigenvalue weighted by Gasteiger charge is -2.19. The molecule has 7 nitrogen and oxygen atoms in total. The van der Waals surface area contributed by atoms with E-state index < -0.39 is 11.7 Å². The number of benzene rings is 2. The highest BCUT2D eigenvalue weighted by molar-refractivity contribution is 5.94. The number of aryl methyl sites for hydroxylation is 1. The van der Waals surface area contributed by atoms with Crippen molar-refractivity contribution >= 4 is 28.3 Å². The minimum atomic E-state index is -4.42. The number of aromatic nitrogens is 3. The monoisotopic (exact) mass is 490 g/mol. The molecule has 2 aromatic heterocycles. The Labute approximate surface area is 202 Å². The molecule has 1 N–H and O–H groups in total. The molecule has 0 spiro atoms. The first-order valence-electron chi connectivity index (χ1n) is 11.3. The molecule has 1 atom stereocenters. The van der Waals surface area contributed by atoms with Crippen molar-refractivity contribution in [2.45, 2.75) is 24.9 Å². The fraction of sp³-hybridized carbons (Fsp3) is 0.192. The van der Waals surface area contributed by atoms with E-state index in [1.54, 1.807) is 23.9 Å². The zero-order valence-corrected chi connectivity index (χ0v) is 18.8. The van der Waals surface area contributed by atoms with E-state index in [1.807, 2.05) is 18.2 Å². The van der Waals surface area contributed by atoms with E-state index in [-0.39, 0.29) is 11.8 Å². The smallest absolute Gasteiger partial charge is 0.416 e. The van der Waals surface area contributed by atoms with Crippen molar-refractivity contribution in [1.29, 1.82) is 0 Å². The van der Waals surface area contributed by atoms with E-state index in [2.05, 4.69) is 15.3 Å². The summed E-state index contributed by atoms with van der Waals surface area (Å²) in [7, 11) is 1.71. The number of anilines is 1. The van der Waals surface area contributed by atoms with Crippen LogP contribution in [0.25, 0.3) is 16.6 Å². The second-order valence-electron chi connectivity index (χ2n) is 8.99. The summed E-state index contributed by atoms with van der Waals surface area (Å²) in [6.07, 6.45) is -1.92. The number of amides is 1. The summed E-state index contributed by atoms with van der Waals surface area (Å²) in [5.74, 6) is 3.60. The van der Waals surface area contributed by atoms with Crippen molar-refractivity contribution in [1.82, 2.24) is 14.5 Å². The molecule has 0 saturated carbocycles. The summed E-state index contributed by atoms with van der Waals surface area (Å²) >= 11 is 0. The fourth-order valence-electron chi connectivity index (χ4n) is 4.97. The molecule has 3 aliphatic rings. The number of nitrogens with one attached hydrogen (secondary N) is 1. The molecule has 1 aliphatic carbocycles. The number of imidazole rings is 1. The molecule has 180 valence electrons. The van der Waals surface area contributed by atoms with Crippen molar-refractivity contribution in [2.75, 3.05) is 5.32 Å². The zero-order chi connectivity index (χ0) is 24.8. The number of ether oxygens (including phenoxy) is 2. The van der Waals surface area contributed by atoms with E-state index >= 15 is 0 Å². The summed E-state index contributed by atoms with van der Waals surface area (Å²) < 4.78 is 53.4. The molecule has 0 radical (unpaired) electrons. The van der Waals surface area contributed by atoms with Gasteiger partial charge in [-0.1, -0.05) is 0 Å². The van der Waals surface area contributed by atoms with Gasteiger partial charge in [0.25, 0.3) is 0 Å². The highest BCUT2D eigenvalue weighted by atomic mass is 19.4. The van der Waals surface area contributed by atoms with Crippen molar-refractivity contribution < 1.29 is 27.4 Å². The molecule has 4 aromatic rings. The second kappa shape index (κ2) is 7.09. The first kappa shape index (κ1) is 21.0. The summed E-state index contributed by atoms with van der Waals surface area (Å²) in [5.41, 5.74) is 2.81. The molecular weight excluding hydrogens is 473 g/mol. The molecule has 7 rings (SSSR count). The van der Waals surface area contributed by atoms with Crippen molar-refractivity contribution in [3.05, 3.63) is 76.9 Å². The first-order valence-corrected chi connectivity index (χ1v) is 11.3. The molecule has 36 heavy (non-hydrogen) atoms. The van der Waals surface area contributed by atoms with E-state index in [0.717, 1.165) is 34.6 Å². The Morgan fingerprint density at radius 1 is 1.14 bits per heavy atom. The number of carbonyl (C=O) groups is 1. The molecule has 1 unspecified atom stereocenters. The molecule has 0 saturated heterocycles. The van der Waals surface area contributed by atoms with E-state index in [9.17, 15) is 18.0 Å². The molecule has 0 fully saturated rings. The number of carbonyl (C=O) groups excluding carboxylic acids is 1. The molecule has 2 aromatic carbocycles. The van der Waals surface area contributed by atoms with E-state index in [1.165, 1.54) is 6.07 Å². The fourth-order valence-corrected chi connectivity index (χ4v) is 4.97. The number of allylic oxidation sites excluding steroid dienone is 2. The summed E-state index contributed by atoms with van der Waals surface area (Å²) in [4.78, 5) is 20.5. The highest BCUT2D eigenvalue weighted by Gasteiger charge is 2.50. The van der Waals surface area contributed by atoms with E-state index in [0.29, 0.717) is 52.8 Å². The molecular formula is C26H17F3N4O3. The van der Waals surface area contributed by atoms with Crippen LogP contribution in [0.15, 0.2) is 54.4 Å². The van der Waals surface area contributed by atoms with Crippen molar-refractivity contribution in [3.63, 3.8) is 0 Å². The Balaban J connectivity index is 1.19. The van der Waals surface area contributed by atoms with Gasteiger partial charge in [-0.3, -0.25) is 4.79 Å². The first-order chi connectivity index (χ1) is 17.3. The molecule has 1 amide bonds. The number of nitrogens with zero attached hydrogens (tertiary/aromatic N) is 3. The Bertz CT molecular complexity index is 1650. The van der Waals surface area contributed by atoms with Gasteiger partial charge in [0.05, 0.1) is 22.5 Å². The minimum absolute atomic E-state index is 0.0710. The summed E-state index contributed by atoms with van der Waals surface area (Å²) in [6.45, 7) is 0. The highest BCUT2D eigenvalue weighted by Crippen LogP contribution is 2.62. The maximum atomic E-state index is 13.2. The van der Waals surface area contributed by atoms with Crippen LogP contribution < -0.4 is 14.8 Å². The van der Waals surface area contributed by atoms with Crippen LogP contribution in [0.1, 0.15) is 34.9 Å². The van der Waals surface area contributed by atoms with Crippen LogP contribution in [-0.2, 0) is 24.4 Å². The van der Waals surface area contributed by atoms with Gasteiger partial charge in [0.2, 0.25) is 5.91 Å².